The highest BCUT2D eigenvalue weighted by atomic mass is 16.7. The number of carbonyl (C=O) groups excluding carboxylic acids is 1. The predicted octanol–water partition coefficient (Wildman–Crippen LogP) is 17.1. The Morgan fingerprint density at radius 3 is 0.961 bits per heavy atom. The number of unbranched alkanes of at least 4 members (excludes halogenated alkanes) is 50. The molecule has 1 amide bonds. The van der Waals surface area contributed by atoms with Crippen LogP contribution in [0, 0.1) is 0 Å². The van der Waals surface area contributed by atoms with Gasteiger partial charge in [0.15, 0.2) is 6.29 Å². The molecular weight excluding hydrogens is 963 g/mol. The monoisotopic (exact) mass is 1100 g/mol. The second-order valence-electron chi connectivity index (χ2n) is 24.5. The molecule has 1 heterocycles. The Morgan fingerprint density at radius 2 is 0.675 bits per heavy atom. The van der Waals surface area contributed by atoms with Gasteiger partial charge in [-0.2, -0.15) is 0 Å². The van der Waals surface area contributed by atoms with Crippen LogP contribution in [-0.2, 0) is 14.3 Å². The molecule has 0 aromatic carbocycles. The summed E-state index contributed by atoms with van der Waals surface area (Å²) in [5, 5.41) is 65.7. The Balaban J connectivity index is 2.08. The molecule has 1 aliphatic heterocycles. The maximum atomic E-state index is 13.1. The zero-order valence-corrected chi connectivity index (χ0v) is 51.1. The van der Waals surface area contributed by atoms with Crippen LogP contribution in [0.5, 0.6) is 0 Å². The minimum absolute atomic E-state index is 0.248. The number of aliphatic hydroxyl groups is 6. The zero-order chi connectivity index (χ0) is 55.9. The number of hydrogen-bond donors (Lipinski definition) is 7. The largest absolute Gasteiger partial charge is 0.394 e. The number of ether oxygens (including phenoxy) is 2. The first-order valence-electron chi connectivity index (χ1n) is 34.3. The quantitative estimate of drug-likeness (QED) is 0.0293. The summed E-state index contributed by atoms with van der Waals surface area (Å²) in [4.78, 5) is 13.1. The molecular formula is C67H133NO9. The van der Waals surface area contributed by atoms with Gasteiger partial charge in [-0.05, 0) is 12.8 Å². The molecule has 0 aromatic rings. The van der Waals surface area contributed by atoms with Crippen LogP contribution in [0.15, 0.2) is 0 Å². The van der Waals surface area contributed by atoms with E-state index in [1.807, 2.05) is 0 Å². The summed E-state index contributed by atoms with van der Waals surface area (Å²) in [5.41, 5.74) is 0. The van der Waals surface area contributed by atoms with E-state index in [-0.39, 0.29) is 18.9 Å². The molecule has 7 N–H and O–H groups in total. The number of carbonyl (C=O) groups is 1. The number of rotatable bonds is 61. The van der Waals surface area contributed by atoms with Crippen LogP contribution in [0.1, 0.15) is 361 Å². The molecule has 1 rings (SSSR count). The standard InChI is InChI=1S/C67H133NO9/c1-3-5-7-9-11-13-15-17-19-21-22-23-24-25-26-27-28-29-30-31-32-33-34-35-36-37-38-39-40-42-44-46-48-50-52-54-56-62(71)68-59(58-76-67-66(75)65(74)64(73)61(57-69)77-67)63(72)60(70)55-53-51-49-47-45-43-41-20-18-16-14-12-10-8-6-4-2/h59-61,63-67,69-70,72-75H,3-58H2,1-2H3,(H,68,71)/t59-,60+,61+,63-,64-,65?,66?,67+/m0/s1. The molecule has 0 spiro atoms. The van der Waals surface area contributed by atoms with E-state index in [2.05, 4.69) is 19.2 Å². The second kappa shape index (κ2) is 57.0. The highest BCUT2D eigenvalue weighted by Crippen LogP contribution is 2.24. The highest BCUT2D eigenvalue weighted by Gasteiger charge is 2.44. The minimum Gasteiger partial charge on any atom is -0.394 e. The van der Waals surface area contributed by atoms with E-state index in [0.717, 1.165) is 38.5 Å². The van der Waals surface area contributed by atoms with E-state index in [4.69, 9.17) is 9.47 Å². The van der Waals surface area contributed by atoms with Crippen molar-refractivity contribution in [3.05, 3.63) is 0 Å². The second-order valence-corrected chi connectivity index (χ2v) is 24.5. The Hall–Kier alpha value is -0.850. The van der Waals surface area contributed by atoms with Crippen LogP contribution in [0.4, 0.5) is 0 Å². The van der Waals surface area contributed by atoms with E-state index in [1.165, 1.54) is 295 Å². The van der Waals surface area contributed by atoms with Gasteiger partial charge < -0.3 is 45.4 Å². The fourth-order valence-electron chi connectivity index (χ4n) is 11.6. The third kappa shape index (κ3) is 45.4. The van der Waals surface area contributed by atoms with Crippen LogP contribution in [0.3, 0.4) is 0 Å². The molecule has 1 fully saturated rings. The van der Waals surface area contributed by atoms with Crippen molar-refractivity contribution < 1.29 is 44.9 Å². The summed E-state index contributed by atoms with van der Waals surface area (Å²) >= 11 is 0. The molecule has 0 saturated carbocycles. The summed E-state index contributed by atoms with van der Waals surface area (Å²) in [6.07, 6.45) is 60.3. The van der Waals surface area contributed by atoms with Gasteiger partial charge in [0.1, 0.15) is 30.5 Å². The van der Waals surface area contributed by atoms with Crippen LogP contribution in [0.25, 0.3) is 0 Å². The van der Waals surface area contributed by atoms with Gasteiger partial charge >= 0.3 is 0 Å². The van der Waals surface area contributed by atoms with E-state index in [9.17, 15) is 35.4 Å². The normalized spacial score (nSPS) is 19.0. The first-order valence-corrected chi connectivity index (χ1v) is 34.3. The van der Waals surface area contributed by atoms with Crippen molar-refractivity contribution in [3.8, 4) is 0 Å². The van der Waals surface area contributed by atoms with Gasteiger partial charge in [0, 0.05) is 6.42 Å². The molecule has 10 heteroatoms. The van der Waals surface area contributed by atoms with Crippen LogP contribution >= 0.6 is 0 Å². The van der Waals surface area contributed by atoms with Gasteiger partial charge in [0.2, 0.25) is 5.91 Å². The lowest BCUT2D eigenvalue weighted by atomic mass is 9.98. The van der Waals surface area contributed by atoms with Gasteiger partial charge in [-0.15, -0.1) is 0 Å². The Morgan fingerprint density at radius 1 is 0.403 bits per heavy atom. The lowest BCUT2D eigenvalue weighted by molar-refractivity contribution is -0.303. The summed E-state index contributed by atoms with van der Waals surface area (Å²) in [6, 6.07) is -0.987. The third-order valence-corrected chi connectivity index (χ3v) is 17.1. The fourth-order valence-corrected chi connectivity index (χ4v) is 11.6. The number of nitrogens with one attached hydrogen (secondary N) is 1. The van der Waals surface area contributed by atoms with Crippen LogP contribution in [0.2, 0.25) is 0 Å². The molecule has 8 atom stereocenters. The van der Waals surface area contributed by atoms with E-state index in [1.54, 1.807) is 0 Å². The van der Waals surface area contributed by atoms with Crippen molar-refractivity contribution in [2.45, 2.75) is 410 Å². The maximum Gasteiger partial charge on any atom is 0.220 e. The molecule has 0 aliphatic carbocycles. The van der Waals surface area contributed by atoms with Gasteiger partial charge in [-0.25, -0.2) is 0 Å². The van der Waals surface area contributed by atoms with Crippen molar-refractivity contribution in [3.63, 3.8) is 0 Å². The van der Waals surface area contributed by atoms with E-state index < -0.39 is 55.6 Å². The number of hydrogen-bond acceptors (Lipinski definition) is 9. The Labute approximate surface area is 477 Å². The Bertz CT molecular complexity index is 1190. The topological polar surface area (TPSA) is 169 Å². The fraction of sp³-hybridized carbons (Fsp3) is 0.985. The summed E-state index contributed by atoms with van der Waals surface area (Å²) in [6.45, 7) is 3.67. The van der Waals surface area contributed by atoms with Crippen molar-refractivity contribution in [2.24, 2.45) is 0 Å². The van der Waals surface area contributed by atoms with Crippen molar-refractivity contribution >= 4 is 5.91 Å². The first kappa shape index (κ1) is 74.2. The Kier molecular flexibility index (Phi) is 54.9. The molecule has 0 bridgehead atoms. The summed E-state index contributed by atoms with van der Waals surface area (Å²) in [7, 11) is 0. The molecule has 0 aromatic heterocycles. The summed E-state index contributed by atoms with van der Waals surface area (Å²) < 4.78 is 11.2. The van der Waals surface area contributed by atoms with Crippen molar-refractivity contribution in [2.75, 3.05) is 13.2 Å². The molecule has 10 nitrogen and oxygen atoms in total. The molecule has 77 heavy (non-hydrogen) atoms. The van der Waals surface area contributed by atoms with Gasteiger partial charge in [-0.1, -0.05) is 341 Å². The SMILES string of the molecule is CCCCCCCCCCCCCCCCCCCCCCCCCCCCCCCCCCCCCCC(=O)N[C@@H](CO[C@@H]1O[C@H](CO)[C@H](O)C(O)C1O)[C@H](O)[C@H](O)CCCCCCCCCCCCCCCCCC. The van der Waals surface area contributed by atoms with Gasteiger partial charge in [-0.3, -0.25) is 4.79 Å². The first-order chi connectivity index (χ1) is 37.8. The number of amides is 1. The average Bonchev–Trinajstić information content (AvgIpc) is 3.43. The summed E-state index contributed by atoms with van der Waals surface area (Å²) in [5.74, 6) is -0.248. The van der Waals surface area contributed by atoms with E-state index in [0.29, 0.717) is 6.42 Å². The molecule has 0 radical (unpaired) electrons. The van der Waals surface area contributed by atoms with Gasteiger partial charge in [0.25, 0.3) is 0 Å². The van der Waals surface area contributed by atoms with Crippen LogP contribution < -0.4 is 5.32 Å². The molecule has 460 valence electrons. The van der Waals surface area contributed by atoms with Crippen molar-refractivity contribution in [1.29, 1.82) is 0 Å². The zero-order valence-electron chi connectivity index (χ0n) is 51.1. The number of aliphatic hydroxyl groups excluding tert-OH is 6. The molecule has 2 unspecified atom stereocenters. The lowest BCUT2D eigenvalue weighted by Crippen LogP contribution is -2.60. The predicted molar refractivity (Wildman–Crippen MR) is 324 cm³/mol. The smallest absolute Gasteiger partial charge is 0.220 e. The highest BCUT2D eigenvalue weighted by molar-refractivity contribution is 5.76. The lowest BCUT2D eigenvalue weighted by Gasteiger charge is -2.40. The maximum absolute atomic E-state index is 13.1. The molecule has 1 saturated heterocycles. The van der Waals surface area contributed by atoms with Crippen LogP contribution in [-0.4, -0.2) is 98.7 Å². The minimum atomic E-state index is -1.60. The third-order valence-electron chi connectivity index (χ3n) is 17.1. The van der Waals surface area contributed by atoms with Crippen molar-refractivity contribution in [1.82, 2.24) is 5.32 Å². The average molecular weight is 1100 g/mol. The van der Waals surface area contributed by atoms with Gasteiger partial charge in [0.05, 0.1) is 25.4 Å². The van der Waals surface area contributed by atoms with E-state index >= 15 is 0 Å². The molecule has 1 aliphatic rings.